The summed E-state index contributed by atoms with van der Waals surface area (Å²) in [6.45, 7) is 7.58. The van der Waals surface area contributed by atoms with Gasteiger partial charge in [0.1, 0.15) is 17.4 Å². The smallest absolute Gasteiger partial charge is 0.260 e. The van der Waals surface area contributed by atoms with E-state index >= 15 is 0 Å². The summed E-state index contributed by atoms with van der Waals surface area (Å²) in [4.78, 5) is 12.6. The van der Waals surface area contributed by atoms with Gasteiger partial charge in [-0.2, -0.15) is 5.10 Å². The van der Waals surface area contributed by atoms with Crippen LogP contribution in [0.15, 0.2) is 30.5 Å². The maximum Gasteiger partial charge on any atom is 0.260 e. The Kier molecular flexibility index (Phi) is 4.73. The van der Waals surface area contributed by atoms with Crippen LogP contribution >= 0.6 is 0 Å². The predicted octanol–water partition coefficient (Wildman–Crippen LogP) is 4.08. The molecule has 0 saturated heterocycles. The molecule has 0 aliphatic carbocycles. The zero-order chi connectivity index (χ0) is 19.1. The SMILES string of the molecule is Cc1ccc(C2CC(C(F)F)n3ncc(C(=O)NC(C)(C)C)c3N2)cc1. The number of benzene rings is 1. The van der Waals surface area contributed by atoms with Crippen LogP contribution in [0.4, 0.5) is 14.6 Å². The second-order valence-corrected chi connectivity index (χ2v) is 7.80. The Balaban J connectivity index is 1.96. The van der Waals surface area contributed by atoms with Crippen molar-refractivity contribution in [1.29, 1.82) is 0 Å². The van der Waals surface area contributed by atoms with Crippen LogP contribution in [0.2, 0.25) is 0 Å². The van der Waals surface area contributed by atoms with Crippen molar-refractivity contribution in [2.75, 3.05) is 5.32 Å². The van der Waals surface area contributed by atoms with Crippen LogP contribution < -0.4 is 10.6 Å². The number of aromatic nitrogens is 2. The molecule has 0 radical (unpaired) electrons. The van der Waals surface area contributed by atoms with E-state index in [9.17, 15) is 13.6 Å². The van der Waals surface area contributed by atoms with Gasteiger partial charge in [-0.25, -0.2) is 13.5 Å². The van der Waals surface area contributed by atoms with Crippen LogP contribution in [0.25, 0.3) is 0 Å². The molecular formula is C19H24F2N4O. The van der Waals surface area contributed by atoms with Crippen LogP contribution in [-0.4, -0.2) is 27.7 Å². The number of amides is 1. The van der Waals surface area contributed by atoms with Crippen LogP contribution in [-0.2, 0) is 0 Å². The van der Waals surface area contributed by atoms with Gasteiger partial charge in [-0.15, -0.1) is 0 Å². The van der Waals surface area contributed by atoms with E-state index < -0.39 is 18.0 Å². The van der Waals surface area contributed by atoms with Crippen LogP contribution in [0, 0.1) is 6.92 Å². The van der Waals surface area contributed by atoms with Crippen LogP contribution in [0.3, 0.4) is 0 Å². The number of halogens is 2. The molecule has 0 spiro atoms. The molecule has 2 unspecified atom stereocenters. The quantitative estimate of drug-likeness (QED) is 0.865. The molecule has 1 aliphatic heterocycles. The largest absolute Gasteiger partial charge is 0.363 e. The fourth-order valence-corrected chi connectivity index (χ4v) is 3.12. The second kappa shape index (κ2) is 6.70. The van der Waals surface area contributed by atoms with Crippen molar-refractivity contribution in [1.82, 2.24) is 15.1 Å². The number of hydrogen-bond donors (Lipinski definition) is 2. The van der Waals surface area contributed by atoms with Gasteiger partial charge in [-0.1, -0.05) is 29.8 Å². The molecule has 1 aromatic carbocycles. The van der Waals surface area contributed by atoms with Gasteiger partial charge in [0, 0.05) is 5.54 Å². The first-order valence-corrected chi connectivity index (χ1v) is 8.67. The molecule has 2 N–H and O–H groups in total. The van der Waals surface area contributed by atoms with Crippen molar-refractivity contribution in [2.45, 2.75) is 58.2 Å². The van der Waals surface area contributed by atoms with Gasteiger partial charge in [0.2, 0.25) is 0 Å². The highest BCUT2D eigenvalue weighted by Crippen LogP contribution is 2.39. The first-order chi connectivity index (χ1) is 12.2. The number of nitrogens with zero attached hydrogens (tertiary/aromatic N) is 2. The molecule has 1 amide bonds. The number of aryl methyl sites for hydroxylation is 1. The summed E-state index contributed by atoms with van der Waals surface area (Å²) < 4.78 is 28.5. The van der Waals surface area contributed by atoms with Gasteiger partial charge in [0.15, 0.2) is 0 Å². The van der Waals surface area contributed by atoms with Crippen molar-refractivity contribution in [2.24, 2.45) is 0 Å². The minimum absolute atomic E-state index is 0.204. The third-order valence-corrected chi connectivity index (χ3v) is 4.40. The Morgan fingerprint density at radius 2 is 1.96 bits per heavy atom. The number of carbonyl (C=O) groups excluding carboxylic acids is 1. The molecule has 140 valence electrons. The maximum absolute atomic E-state index is 13.6. The lowest BCUT2D eigenvalue weighted by atomic mass is 9.96. The molecule has 0 bridgehead atoms. The Morgan fingerprint density at radius 3 is 2.54 bits per heavy atom. The van der Waals surface area contributed by atoms with E-state index in [2.05, 4.69) is 15.7 Å². The number of alkyl halides is 2. The van der Waals surface area contributed by atoms with E-state index in [4.69, 9.17) is 0 Å². The Bertz CT molecular complexity index is 793. The topological polar surface area (TPSA) is 59.0 Å². The Labute approximate surface area is 151 Å². The molecule has 1 aromatic heterocycles. The molecular weight excluding hydrogens is 338 g/mol. The van der Waals surface area contributed by atoms with Crippen molar-refractivity contribution in [3.05, 3.63) is 47.2 Å². The molecule has 26 heavy (non-hydrogen) atoms. The number of hydrogen-bond acceptors (Lipinski definition) is 3. The lowest BCUT2D eigenvalue weighted by molar-refractivity contribution is 0.0656. The lowest BCUT2D eigenvalue weighted by Crippen LogP contribution is -2.41. The number of rotatable bonds is 3. The molecule has 3 rings (SSSR count). The van der Waals surface area contributed by atoms with Gasteiger partial charge < -0.3 is 10.6 Å². The van der Waals surface area contributed by atoms with Crippen LogP contribution in [0.1, 0.15) is 60.8 Å². The average Bonchev–Trinajstić information content (AvgIpc) is 2.96. The first kappa shape index (κ1) is 18.4. The molecule has 2 heterocycles. The number of carbonyl (C=O) groups is 1. The summed E-state index contributed by atoms with van der Waals surface area (Å²) in [6, 6.07) is 6.38. The van der Waals surface area contributed by atoms with E-state index in [1.54, 1.807) is 0 Å². The summed E-state index contributed by atoms with van der Waals surface area (Å²) in [6.07, 6.45) is -1.01. The van der Waals surface area contributed by atoms with E-state index in [1.165, 1.54) is 10.9 Å². The average molecular weight is 362 g/mol. The fraction of sp³-hybridized carbons (Fsp3) is 0.474. The third-order valence-electron chi connectivity index (χ3n) is 4.40. The maximum atomic E-state index is 13.6. The number of nitrogens with one attached hydrogen (secondary N) is 2. The summed E-state index contributed by atoms with van der Waals surface area (Å²) in [5, 5.41) is 10.2. The van der Waals surface area contributed by atoms with Crippen molar-refractivity contribution >= 4 is 11.7 Å². The third kappa shape index (κ3) is 3.71. The lowest BCUT2D eigenvalue weighted by Gasteiger charge is -2.33. The second-order valence-electron chi connectivity index (χ2n) is 7.80. The highest BCUT2D eigenvalue weighted by atomic mass is 19.3. The Hall–Kier alpha value is -2.44. The van der Waals surface area contributed by atoms with E-state index in [0.29, 0.717) is 5.82 Å². The van der Waals surface area contributed by atoms with E-state index in [1.807, 2.05) is 52.0 Å². The van der Waals surface area contributed by atoms with Gasteiger partial charge in [-0.05, 0) is 39.7 Å². The van der Waals surface area contributed by atoms with Gasteiger partial charge in [-0.3, -0.25) is 4.79 Å². The molecule has 0 fully saturated rings. The highest BCUT2D eigenvalue weighted by Gasteiger charge is 2.36. The molecule has 2 aromatic rings. The Morgan fingerprint density at radius 1 is 1.31 bits per heavy atom. The molecule has 5 nitrogen and oxygen atoms in total. The number of anilines is 1. The minimum Gasteiger partial charge on any atom is -0.363 e. The normalized spacial score (nSPS) is 19.8. The zero-order valence-corrected chi connectivity index (χ0v) is 15.4. The molecule has 7 heteroatoms. The molecule has 0 saturated carbocycles. The molecule has 1 aliphatic rings. The monoisotopic (exact) mass is 362 g/mol. The molecule has 2 atom stereocenters. The number of fused-ring (bicyclic) bond motifs is 1. The van der Waals surface area contributed by atoms with Gasteiger partial charge in [0.05, 0.1) is 12.2 Å². The van der Waals surface area contributed by atoms with Crippen LogP contribution in [0.5, 0.6) is 0 Å². The summed E-state index contributed by atoms with van der Waals surface area (Å²) >= 11 is 0. The van der Waals surface area contributed by atoms with Crippen molar-refractivity contribution in [3.63, 3.8) is 0 Å². The predicted molar refractivity (Wildman–Crippen MR) is 96.6 cm³/mol. The van der Waals surface area contributed by atoms with Gasteiger partial charge in [0.25, 0.3) is 12.3 Å². The summed E-state index contributed by atoms with van der Waals surface area (Å²) in [5.74, 6) is 0.0118. The van der Waals surface area contributed by atoms with E-state index in [-0.39, 0.29) is 23.9 Å². The van der Waals surface area contributed by atoms with Crippen molar-refractivity contribution in [3.8, 4) is 0 Å². The summed E-state index contributed by atoms with van der Waals surface area (Å²) in [5.41, 5.74) is 1.86. The van der Waals surface area contributed by atoms with Crippen molar-refractivity contribution < 1.29 is 13.6 Å². The van der Waals surface area contributed by atoms with E-state index in [0.717, 1.165) is 11.1 Å². The zero-order valence-electron chi connectivity index (χ0n) is 15.4. The summed E-state index contributed by atoms with van der Waals surface area (Å²) in [7, 11) is 0. The van der Waals surface area contributed by atoms with Gasteiger partial charge >= 0.3 is 0 Å². The fourth-order valence-electron chi connectivity index (χ4n) is 3.12. The highest BCUT2D eigenvalue weighted by molar-refractivity contribution is 5.99. The minimum atomic E-state index is -2.57. The first-order valence-electron chi connectivity index (χ1n) is 8.67. The standard InChI is InChI=1S/C19H24F2N4O/c1-11-5-7-12(8-6-11)14-9-15(16(20)21)25-17(23-14)13(10-22-25)18(26)24-19(2,3)4/h5-8,10,14-16,23H,9H2,1-4H3,(H,24,26).